The Labute approximate surface area is 212 Å². The molecule has 6 aliphatic rings. The van der Waals surface area contributed by atoms with Gasteiger partial charge in [-0.05, 0) is 87.0 Å². The number of ether oxygens (including phenoxy) is 2. The number of fused-ring (bicyclic) bond motifs is 4. The Morgan fingerprint density at radius 2 is 1.94 bits per heavy atom. The van der Waals surface area contributed by atoms with Crippen LogP contribution in [0.15, 0.2) is 23.3 Å². The molecule has 6 heteroatoms. The number of alkyl halides is 2. The maximum absolute atomic E-state index is 13.4. The summed E-state index contributed by atoms with van der Waals surface area (Å²) in [5.41, 5.74) is 0.880. The average molecular weight is 507 g/mol. The minimum Gasteiger partial charge on any atom is -0.458 e. The number of carbonyl (C=O) groups is 2. The molecule has 2 aliphatic heterocycles. The van der Waals surface area contributed by atoms with Gasteiger partial charge in [0.15, 0.2) is 5.78 Å². The molecule has 4 aliphatic carbocycles. The van der Waals surface area contributed by atoms with Gasteiger partial charge in [0.05, 0.1) is 28.3 Å². The van der Waals surface area contributed by atoms with E-state index in [-0.39, 0.29) is 40.6 Å². The van der Waals surface area contributed by atoms with E-state index >= 15 is 0 Å². The predicted molar refractivity (Wildman–Crippen MR) is 132 cm³/mol. The molecule has 0 N–H and O–H groups in total. The largest absolute Gasteiger partial charge is 0.458 e. The number of ketones is 1. The van der Waals surface area contributed by atoms with E-state index in [0.29, 0.717) is 35.2 Å². The molecule has 0 radical (unpaired) electrons. The second-order valence-electron chi connectivity index (χ2n) is 12.5. The number of epoxide rings is 1. The van der Waals surface area contributed by atoms with Crippen LogP contribution in [0.25, 0.3) is 0 Å². The summed E-state index contributed by atoms with van der Waals surface area (Å²) in [6.45, 7) is 8.93. The van der Waals surface area contributed by atoms with Gasteiger partial charge in [0.25, 0.3) is 0 Å². The number of hydrogen-bond acceptors (Lipinski definition) is 4. The quantitative estimate of drug-likeness (QED) is 0.273. The highest BCUT2D eigenvalue weighted by molar-refractivity contribution is 6.24. The molecule has 34 heavy (non-hydrogen) atoms. The summed E-state index contributed by atoms with van der Waals surface area (Å²) in [6.07, 6.45) is 9.87. The van der Waals surface area contributed by atoms with Gasteiger partial charge in [-0.25, -0.2) is 4.79 Å². The van der Waals surface area contributed by atoms with Crippen molar-refractivity contribution < 1.29 is 19.1 Å². The Kier molecular flexibility index (Phi) is 5.25. The number of esters is 1. The molecule has 1 spiro atoms. The van der Waals surface area contributed by atoms with Crippen LogP contribution >= 0.6 is 23.2 Å². The van der Waals surface area contributed by atoms with E-state index in [1.807, 2.05) is 13.0 Å². The van der Waals surface area contributed by atoms with Crippen molar-refractivity contribution in [2.75, 3.05) is 5.88 Å². The van der Waals surface area contributed by atoms with Crippen LogP contribution in [0, 0.1) is 40.4 Å². The van der Waals surface area contributed by atoms with Gasteiger partial charge in [0.2, 0.25) is 0 Å². The standard InChI is InChI=1S/C28H36Cl2O4/c1-14-11-21(33-25(32)17(14)13-29)15(2)18-5-6-19-16-12-24-28(34-24)22(30)7-8-23(31)27(28,4)20(16)9-10-26(18,19)3/h7-8,15-16,18-22,24H,5-6,9-13H2,1-4H3/t15-,16-,18+,19-,20-,21+,22+,24+,26+,27-,28+/m0/s1. The smallest absolute Gasteiger partial charge is 0.335 e. The van der Waals surface area contributed by atoms with Crippen molar-refractivity contribution in [3.05, 3.63) is 23.3 Å². The monoisotopic (exact) mass is 506 g/mol. The van der Waals surface area contributed by atoms with Crippen molar-refractivity contribution in [2.24, 2.45) is 40.4 Å². The number of rotatable bonds is 3. The Morgan fingerprint density at radius 1 is 1.18 bits per heavy atom. The second kappa shape index (κ2) is 7.59. The third-order valence-corrected chi connectivity index (χ3v) is 12.3. The Hall–Kier alpha value is -0.840. The fraction of sp³-hybridized carbons (Fsp3) is 0.786. The Morgan fingerprint density at radius 3 is 2.65 bits per heavy atom. The number of hydrogen-bond donors (Lipinski definition) is 0. The summed E-state index contributed by atoms with van der Waals surface area (Å²) >= 11 is 12.8. The minimum atomic E-state index is -0.522. The SMILES string of the molecule is CC1=C(CCl)C(=O)O[C@@H]([C@@H](C)[C@H]2CC[C@H]3[C@@H]4C[C@H]5O[C@]56[C@H](Cl)C=CC(=O)[C@]6(C)[C@H]4CC[C@]23C)C1. The maximum Gasteiger partial charge on any atom is 0.335 e. The van der Waals surface area contributed by atoms with E-state index in [9.17, 15) is 9.59 Å². The minimum absolute atomic E-state index is 0.0804. The lowest BCUT2D eigenvalue weighted by Crippen LogP contribution is -2.62. The van der Waals surface area contributed by atoms with Crippen LogP contribution in [0.5, 0.6) is 0 Å². The van der Waals surface area contributed by atoms with Gasteiger partial charge in [-0.15, -0.1) is 23.2 Å². The molecule has 0 aromatic heterocycles. The topological polar surface area (TPSA) is 55.9 Å². The Balaban J connectivity index is 1.27. The van der Waals surface area contributed by atoms with Crippen molar-refractivity contribution >= 4 is 35.0 Å². The molecule has 11 atom stereocenters. The third-order valence-electron chi connectivity index (χ3n) is 11.5. The molecule has 4 nitrogen and oxygen atoms in total. The van der Waals surface area contributed by atoms with Gasteiger partial charge in [-0.2, -0.15) is 0 Å². The van der Waals surface area contributed by atoms with Gasteiger partial charge in [-0.3, -0.25) is 4.79 Å². The molecule has 0 amide bonds. The number of halogens is 2. The van der Waals surface area contributed by atoms with E-state index < -0.39 is 11.0 Å². The van der Waals surface area contributed by atoms with Crippen molar-refractivity contribution in [2.45, 2.75) is 89.4 Å². The fourth-order valence-electron chi connectivity index (χ4n) is 9.62. The van der Waals surface area contributed by atoms with Gasteiger partial charge in [0.1, 0.15) is 11.7 Å². The summed E-state index contributed by atoms with van der Waals surface area (Å²) in [6, 6.07) is 0. The van der Waals surface area contributed by atoms with Crippen molar-refractivity contribution in [3.8, 4) is 0 Å². The third kappa shape index (κ3) is 2.77. The molecular formula is C28H36Cl2O4. The van der Waals surface area contributed by atoms with Crippen LogP contribution in [0.3, 0.4) is 0 Å². The van der Waals surface area contributed by atoms with E-state index in [0.717, 1.165) is 37.7 Å². The number of cyclic esters (lactones) is 1. The Bertz CT molecular complexity index is 1000. The molecule has 0 aromatic carbocycles. The molecule has 1 saturated heterocycles. The average Bonchev–Trinajstić information content (AvgIpc) is 3.43. The van der Waals surface area contributed by atoms with Gasteiger partial charge >= 0.3 is 5.97 Å². The normalized spacial score (nSPS) is 52.4. The van der Waals surface area contributed by atoms with E-state index in [2.05, 4.69) is 20.8 Å². The molecule has 0 aromatic rings. The summed E-state index contributed by atoms with van der Waals surface area (Å²) in [5.74, 6) is 2.37. The van der Waals surface area contributed by atoms with Crippen LogP contribution in [-0.4, -0.2) is 40.8 Å². The van der Waals surface area contributed by atoms with E-state index in [1.54, 1.807) is 6.08 Å². The zero-order valence-electron chi connectivity index (χ0n) is 20.6. The summed E-state index contributed by atoms with van der Waals surface area (Å²) < 4.78 is 12.3. The molecule has 6 rings (SSSR count). The van der Waals surface area contributed by atoms with Crippen molar-refractivity contribution in [1.82, 2.24) is 0 Å². The molecule has 0 bridgehead atoms. The first kappa shape index (κ1) is 23.6. The number of carbonyl (C=O) groups excluding carboxylic acids is 2. The van der Waals surface area contributed by atoms with E-state index in [4.69, 9.17) is 32.7 Å². The fourth-order valence-corrected chi connectivity index (χ4v) is 10.4. The van der Waals surface area contributed by atoms with Crippen LogP contribution < -0.4 is 0 Å². The first-order valence-corrected chi connectivity index (χ1v) is 14.1. The highest BCUT2D eigenvalue weighted by atomic mass is 35.5. The molecule has 3 saturated carbocycles. The van der Waals surface area contributed by atoms with E-state index in [1.165, 1.54) is 6.42 Å². The van der Waals surface area contributed by atoms with Crippen molar-refractivity contribution in [3.63, 3.8) is 0 Å². The first-order valence-electron chi connectivity index (χ1n) is 13.1. The summed E-state index contributed by atoms with van der Waals surface area (Å²) in [7, 11) is 0. The highest BCUT2D eigenvalue weighted by Crippen LogP contribution is 2.73. The highest BCUT2D eigenvalue weighted by Gasteiger charge is 2.80. The van der Waals surface area contributed by atoms with Crippen molar-refractivity contribution in [1.29, 1.82) is 0 Å². The maximum atomic E-state index is 13.4. The lowest BCUT2D eigenvalue weighted by atomic mass is 9.44. The zero-order valence-corrected chi connectivity index (χ0v) is 22.1. The van der Waals surface area contributed by atoms with Crippen LogP contribution in [0.1, 0.15) is 66.2 Å². The summed E-state index contributed by atoms with van der Waals surface area (Å²) in [5, 5.41) is -0.221. The molecule has 2 heterocycles. The van der Waals surface area contributed by atoms with Gasteiger partial charge < -0.3 is 9.47 Å². The zero-order chi connectivity index (χ0) is 24.2. The van der Waals surface area contributed by atoms with Gasteiger partial charge in [-0.1, -0.05) is 25.5 Å². The van der Waals surface area contributed by atoms with Crippen LogP contribution in [-0.2, 0) is 19.1 Å². The van der Waals surface area contributed by atoms with Crippen LogP contribution in [0.2, 0.25) is 0 Å². The molecule has 186 valence electrons. The lowest BCUT2D eigenvalue weighted by molar-refractivity contribution is -0.152. The predicted octanol–water partition coefficient (Wildman–Crippen LogP) is 5.85. The second-order valence-corrected chi connectivity index (χ2v) is 13.2. The summed E-state index contributed by atoms with van der Waals surface area (Å²) in [4.78, 5) is 25.9. The van der Waals surface area contributed by atoms with Gasteiger partial charge in [0, 0.05) is 6.42 Å². The molecular weight excluding hydrogens is 471 g/mol. The first-order chi connectivity index (χ1) is 16.1. The lowest BCUT2D eigenvalue weighted by Gasteiger charge is -2.58. The number of allylic oxidation sites excluding steroid dienone is 1. The van der Waals surface area contributed by atoms with Crippen LogP contribution in [0.4, 0.5) is 0 Å². The molecule has 4 fully saturated rings. The molecule has 0 unspecified atom stereocenters.